The lowest BCUT2D eigenvalue weighted by molar-refractivity contribution is -0.115. The van der Waals surface area contributed by atoms with Gasteiger partial charge in [-0.25, -0.2) is 4.98 Å². The fourth-order valence-electron chi connectivity index (χ4n) is 2.71. The Kier molecular flexibility index (Phi) is 3.77. The summed E-state index contributed by atoms with van der Waals surface area (Å²) < 4.78 is 0. The molecule has 1 aromatic heterocycles. The van der Waals surface area contributed by atoms with Crippen LogP contribution in [0.4, 0.5) is 5.82 Å². The summed E-state index contributed by atoms with van der Waals surface area (Å²) in [5.41, 5.74) is 3.95. The maximum Gasteiger partial charge on any atom is 0.229 e. The summed E-state index contributed by atoms with van der Waals surface area (Å²) in [6, 6.07) is 11.9. The first-order valence-electron chi connectivity index (χ1n) is 7.13. The highest BCUT2D eigenvalue weighted by molar-refractivity contribution is 5.91. The van der Waals surface area contributed by atoms with Gasteiger partial charge >= 0.3 is 0 Å². The van der Waals surface area contributed by atoms with Crippen LogP contribution in [0.2, 0.25) is 0 Å². The molecule has 1 heterocycles. The van der Waals surface area contributed by atoms with Gasteiger partial charge in [-0.1, -0.05) is 24.3 Å². The molecule has 3 rings (SSSR count). The Morgan fingerprint density at radius 2 is 1.95 bits per heavy atom. The van der Waals surface area contributed by atoms with Crippen molar-refractivity contribution in [2.75, 3.05) is 5.32 Å². The van der Waals surface area contributed by atoms with Crippen molar-refractivity contribution in [2.24, 2.45) is 0 Å². The van der Waals surface area contributed by atoms with Crippen molar-refractivity contribution in [1.29, 1.82) is 0 Å². The number of carbonyl (C=O) groups excluding carboxylic acids is 1. The molecule has 1 aromatic carbocycles. The lowest BCUT2D eigenvalue weighted by Gasteiger charge is -2.16. The largest absolute Gasteiger partial charge is 0.310 e. The molecule has 1 amide bonds. The number of nitrogens with zero attached hydrogens (tertiary/aromatic N) is 1. The minimum atomic E-state index is -0.0144. The molecule has 0 aliphatic heterocycles. The first-order valence-corrected chi connectivity index (χ1v) is 7.13. The molecule has 0 spiro atoms. The lowest BCUT2D eigenvalue weighted by atomic mass is 9.90. The Balaban J connectivity index is 1.67. The first-order chi connectivity index (χ1) is 9.81. The van der Waals surface area contributed by atoms with E-state index in [0.29, 0.717) is 12.2 Å². The van der Waals surface area contributed by atoms with Gasteiger partial charge < -0.3 is 5.32 Å². The normalized spacial score (nSPS) is 13.6. The lowest BCUT2D eigenvalue weighted by Crippen LogP contribution is -2.15. The Hall–Kier alpha value is -2.16. The van der Waals surface area contributed by atoms with Gasteiger partial charge in [-0.3, -0.25) is 4.79 Å². The van der Waals surface area contributed by atoms with Crippen molar-refractivity contribution >= 4 is 11.7 Å². The van der Waals surface area contributed by atoms with Gasteiger partial charge in [0.25, 0.3) is 0 Å². The van der Waals surface area contributed by atoms with Crippen LogP contribution >= 0.6 is 0 Å². The molecule has 2 aromatic rings. The zero-order chi connectivity index (χ0) is 13.8. The molecule has 1 aliphatic carbocycles. The molecule has 0 atom stereocenters. The fraction of sp³-hybridized carbons (Fsp3) is 0.294. The molecule has 3 nitrogen and oxygen atoms in total. The second kappa shape index (κ2) is 5.87. The molecular weight excluding hydrogens is 248 g/mol. The van der Waals surface area contributed by atoms with Crippen LogP contribution < -0.4 is 5.32 Å². The quantitative estimate of drug-likeness (QED) is 0.927. The summed E-state index contributed by atoms with van der Waals surface area (Å²) in [7, 11) is 0. The summed E-state index contributed by atoms with van der Waals surface area (Å²) in [6.45, 7) is 0. The molecule has 102 valence electrons. The Bertz CT molecular complexity index is 608. The van der Waals surface area contributed by atoms with E-state index in [-0.39, 0.29) is 5.91 Å². The predicted octanol–water partition coefficient (Wildman–Crippen LogP) is 3.14. The van der Waals surface area contributed by atoms with E-state index >= 15 is 0 Å². The predicted molar refractivity (Wildman–Crippen MR) is 79.7 cm³/mol. The Morgan fingerprint density at radius 1 is 1.10 bits per heavy atom. The molecule has 0 unspecified atom stereocenters. The third-order valence-electron chi connectivity index (χ3n) is 3.71. The number of benzene rings is 1. The highest BCUT2D eigenvalue weighted by Gasteiger charge is 2.11. The van der Waals surface area contributed by atoms with Crippen LogP contribution in [0, 0.1) is 0 Å². The molecule has 0 bridgehead atoms. The number of fused-ring (bicyclic) bond motifs is 1. The van der Waals surface area contributed by atoms with Crippen molar-refractivity contribution in [2.45, 2.75) is 32.1 Å². The van der Waals surface area contributed by atoms with Gasteiger partial charge in [0, 0.05) is 6.20 Å². The SMILES string of the molecule is O=C(Cc1ccc2c(c1)CCCC2)Nc1ccccn1. The van der Waals surface area contributed by atoms with E-state index in [4.69, 9.17) is 0 Å². The van der Waals surface area contributed by atoms with Gasteiger partial charge in [-0.15, -0.1) is 0 Å². The maximum atomic E-state index is 12.0. The molecule has 0 radical (unpaired) electrons. The summed E-state index contributed by atoms with van der Waals surface area (Å²) in [4.78, 5) is 16.1. The second-order valence-electron chi connectivity index (χ2n) is 5.25. The fourth-order valence-corrected chi connectivity index (χ4v) is 2.71. The number of nitrogens with one attached hydrogen (secondary N) is 1. The monoisotopic (exact) mass is 266 g/mol. The van der Waals surface area contributed by atoms with Gasteiger partial charge in [0.1, 0.15) is 5.82 Å². The highest BCUT2D eigenvalue weighted by atomic mass is 16.1. The third kappa shape index (κ3) is 3.05. The highest BCUT2D eigenvalue weighted by Crippen LogP contribution is 2.22. The number of aryl methyl sites for hydroxylation is 2. The number of aromatic nitrogens is 1. The second-order valence-corrected chi connectivity index (χ2v) is 5.25. The first kappa shape index (κ1) is 12.9. The van der Waals surface area contributed by atoms with Gasteiger partial charge in [-0.2, -0.15) is 0 Å². The van der Waals surface area contributed by atoms with Crippen LogP contribution in [0.25, 0.3) is 0 Å². The standard InChI is InChI=1S/C17H18N2O/c20-17(19-16-7-3-4-10-18-16)12-13-8-9-14-5-1-2-6-15(14)11-13/h3-4,7-11H,1-2,5-6,12H2,(H,18,19,20). The van der Waals surface area contributed by atoms with Crippen molar-refractivity contribution in [3.05, 3.63) is 59.3 Å². The summed E-state index contributed by atoms with van der Waals surface area (Å²) in [5, 5.41) is 2.82. The molecule has 0 saturated carbocycles. The minimum Gasteiger partial charge on any atom is -0.310 e. The van der Waals surface area contributed by atoms with E-state index in [1.165, 1.54) is 30.4 Å². The van der Waals surface area contributed by atoms with Gasteiger partial charge in [0.2, 0.25) is 5.91 Å². The van der Waals surface area contributed by atoms with E-state index in [0.717, 1.165) is 12.0 Å². The zero-order valence-electron chi connectivity index (χ0n) is 11.4. The summed E-state index contributed by atoms with van der Waals surface area (Å²) in [5.74, 6) is 0.593. The average molecular weight is 266 g/mol. The number of amides is 1. The Morgan fingerprint density at radius 3 is 2.75 bits per heavy atom. The minimum absolute atomic E-state index is 0.0144. The molecule has 0 saturated heterocycles. The zero-order valence-corrected chi connectivity index (χ0v) is 11.4. The van der Waals surface area contributed by atoms with E-state index in [1.54, 1.807) is 12.3 Å². The van der Waals surface area contributed by atoms with E-state index in [2.05, 4.69) is 28.5 Å². The van der Waals surface area contributed by atoms with Crippen molar-refractivity contribution in [1.82, 2.24) is 4.98 Å². The van der Waals surface area contributed by atoms with Gasteiger partial charge in [-0.05, 0) is 54.5 Å². The van der Waals surface area contributed by atoms with Crippen LogP contribution in [0.3, 0.4) is 0 Å². The molecule has 1 aliphatic rings. The van der Waals surface area contributed by atoms with Crippen LogP contribution in [0.5, 0.6) is 0 Å². The molecular formula is C17H18N2O. The van der Waals surface area contributed by atoms with Crippen LogP contribution in [0.1, 0.15) is 29.5 Å². The molecule has 0 fully saturated rings. The number of pyridine rings is 1. The van der Waals surface area contributed by atoms with E-state index in [9.17, 15) is 4.79 Å². The van der Waals surface area contributed by atoms with Gasteiger partial charge in [0.05, 0.1) is 6.42 Å². The van der Waals surface area contributed by atoms with E-state index < -0.39 is 0 Å². The van der Waals surface area contributed by atoms with E-state index in [1.807, 2.05) is 12.1 Å². The Labute approximate surface area is 119 Å². The average Bonchev–Trinajstić information content (AvgIpc) is 2.48. The van der Waals surface area contributed by atoms with Crippen molar-refractivity contribution < 1.29 is 4.79 Å². The van der Waals surface area contributed by atoms with Gasteiger partial charge in [0.15, 0.2) is 0 Å². The molecule has 1 N–H and O–H groups in total. The van der Waals surface area contributed by atoms with Crippen molar-refractivity contribution in [3.8, 4) is 0 Å². The third-order valence-corrected chi connectivity index (χ3v) is 3.71. The number of carbonyl (C=O) groups is 1. The number of anilines is 1. The topological polar surface area (TPSA) is 42.0 Å². The maximum absolute atomic E-state index is 12.0. The number of hydrogen-bond acceptors (Lipinski definition) is 2. The van der Waals surface area contributed by atoms with Crippen LogP contribution in [-0.4, -0.2) is 10.9 Å². The molecule has 3 heteroatoms. The number of hydrogen-bond donors (Lipinski definition) is 1. The van der Waals surface area contributed by atoms with Crippen LogP contribution in [0.15, 0.2) is 42.6 Å². The van der Waals surface area contributed by atoms with Crippen molar-refractivity contribution in [3.63, 3.8) is 0 Å². The summed E-state index contributed by atoms with van der Waals surface area (Å²) in [6.07, 6.45) is 6.95. The smallest absolute Gasteiger partial charge is 0.229 e. The molecule has 20 heavy (non-hydrogen) atoms. The number of rotatable bonds is 3. The summed E-state index contributed by atoms with van der Waals surface area (Å²) >= 11 is 0. The van der Waals surface area contributed by atoms with Crippen LogP contribution in [-0.2, 0) is 24.1 Å².